The minimum absolute atomic E-state index is 0.203. The van der Waals surface area contributed by atoms with Gasteiger partial charge in [-0.15, -0.1) is 11.6 Å². The topological polar surface area (TPSA) is 0 Å². The molecule has 3 heteroatoms. The molecule has 0 N–H and O–H groups in total. The largest absolute Gasteiger partial charge is 0.113 e. The Morgan fingerprint density at radius 2 is 1.65 bits per heavy atom. The van der Waals surface area contributed by atoms with E-state index in [0.29, 0.717) is 10.0 Å². The van der Waals surface area contributed by atoms with Crippen molar-refractivity contribution in [3.05, 3.63) is 69.2 Å². The van der Waals surface area contributed by atoms with Gasteiger partial charge >= 0.3 is 0 Å². The van der Waals surface area contributed by atoms with Gasteiger partial charge in [0.25, 0.3) is 0 Å². The molecule has 0 saturated carbocycles. The summed E-state index contributed by atoms with van der Waals surface area (Å²) in [5.41, 5.74) is 3.21. The Morgan fingerprint density at radius 3 is 2.29 bits per heavy atom. The third-order valence-corrected chi connectivity index (χ3v) is 3.92. The number of benzene rings is 2. The molecule has 1 unspecified atom stereocenters. The first-order chi connectivity index (χ1) is 8.09. The molecule has 0 aliphatic heterocycles. The number of hydrogen-bond acceptors (Lipinski definition) is 0. The Balaban J connectivity index is 2.40. The van der Waals surface area contributed by atoms with Crippen molar-refractivity contribution in [2.24, 2.45) is 0 Å². The fraction of sp³-hybridized carbons (Fsp3) is 0.143. The molecule has 2 aromatic carbocycles. The summed E-state index contributed by atoms with van der Waals surface area (Å²) in [5.74, 6) is 0. The SMILES string of the molecule is Cc1ccccc1C(Cl)c1ccc(Cl)c(Cl)c1. The number of hydrogen-bond donors (Lipinski definition) is 0. The van der Waals surface area contributed by atoms with E-state index in [1.54, 1.807) is 6.07 Å². The Labute approximate surface area is 116 Å². The van der Waals surface area contributed by atoms with Gasteiger partial charge in [0, 0.05) is 0 Å². The van der Waals surface area contributed by atoms with Crippen molar-refractivity contribution in [2.75, 3.05) is 0 Å². The highest BCUT2D eigenvalue weighted by Crippen LogP contribution is 2.34. The minimum Gasteiger partial charge on any atom is -0.113 e. The number of alkyl halides is 1. The Bertz CT molecular complexity index is 535. The lowest BCUT2D eigenvalue weighted by Gasteiger charge is -2.13. The summed E-state index contributed by atoms with van der Waals surface area (Å²) in [6.07, 6.45) is 0. The average Bonchev–Trinajstić information content (AvgIpc) is 2.32. The quantitative estimate of drug-likeness (QED) is 0.627. The Hall–Kier alpha value is -0.690. The first-order valence-electron chi connectivity index (χ1n) is 5.24. The molecule has 0 spiro atoms. The summed E-state index contributed by atoms with van der Waals surface area (Å²) in [4.78, 5) is 0. The van der Waals surface area contributed by atoms with Crippen molar-refractivity contribution >= 4 is 34.8 Å². The van der Waals surface area contributed by atoms with Crippen LogP contribution in [0.5, 0.6) is 0 Å². The van der Waals surface area contributed by atoms with Crippen molar-refractivity contribution < 1.29 is 0 Å². The summed E-state index contributed by atoms with van der Waals surface area (Å²) < 4.78 is 0. The molecule has 2 aromatic rings. The second-order valence-electron chi connectivity index (χ2n) is 3.89. The molecule has 0 aliphatic carbocycles. The molecule has 0 aromatic heterocycles. The van der Waals surface area contributed by atoms with Gasteiger partial charge in [0.1, 0.15) is 0 Å². The molecule has 1 atom stereocenters. The van der Waals surface area contributed by atoms with E-state index in [2.05, 4.69) is 0 Å². The van der Waals surface area contributed by atoms with E-state index in [0.717, 1.165) is 11.1 Å². The van der Waals surface area contributed by atoms with Crippen LogP contribution in [0.25, 0.3) is 0 Å². The van der Waals surface area contributed by atoms with Crippen LogP contribution in [-0.4, -0.2) is 0 Å². The van der Waals surface area contributed by atoms with Crippen molar-refractivity contribution in [1.82, 2.24) is 0 Å². The molecular weight excluding hydrogens is 275 g/mol. The maximum atomic E-state index is 6.46. The van der Waals surface area contributed by atoms with Gasteiger partial charge in [-0.25, -0.2) is 0 Å². The summed E-state index contributed by atoms with van der Waals surface area (Å²) in [7, 11) is 0. The number of rotatable bonds is 2. The minimum atomic E-state index is -0.203. The molecule has 0 radical (unpaired) electrons. The van der Waals surface area contributed by atoms with Gasteiger partial charge in [0.2, 0.25) is 0 Å². The summed E-state index contributed by atoms with van der Waals surface area (Å²) in [5, 5.41) is 0.874. The van der Waals surface area contributed by atoms with Crippen LogP contribution in [0.1, 0.15) is 22.1 Å². The van der Waals surface area contributed by atoms with Gasteiger partial charge in [-0.2, -0.15) is 0 Å². The fourth-order valence-corrected chi connectivity index (χ4v) is 2.41. The van der Waals surface area contributed by atoms with Crippen LogP contribution in [0.15, 0.2) is 42.5 Å². The number of halogens is 3. The summed E-state index contributed by atoms with van der Waals surface area (Å²) in [6, 6.07) is 13.5. The molecule has 0 fully saturated rings. The molecule has 88 valence electrons. The van der Waals surface area contributed by atoms with Crippen LogP contribution in [0.2, 0.25) is 10.0 Å². The smallest absolute Gasteiger partial charge is 0.0838 e. The highest BCUT2D eigenvalue weighted by molar-refractivity contribution is 6.42. The molecular formula is C14H11Cl3. The predicted octanol–water partition coefficient (Wildman–Crippen LogP) is 5.63. The average molecular weight is 286 g/mol. The van der Waals surface area contributed by atoms with Crippen molar-refractivity contribution in [3.63, 3.8) is 0 Å². The Morgan fingerprint density at radius 1 is 0.941 bits per heavy atom. The maximum Gasteiger partial charge on any atom is 0.0838 e. The number of aryl methyl sites for hydroxylation is 1. The molecule has 2 rings (SSSR count). The standard InChI is InChI=1S/C14H11Cl3/c1-9-4-2-3-5-11(9)14(17)10-6-7-12(15)13(16)8-10/h2-8,14H,1H3. The first-order valence-corrected chi connectivity index (χ1v) is 6.43. The van der Waals surface area contributed by atoms with Crippen LogP contribution < -0.4 is 0 Å². The van der Waals surface area contributed by atoms with E-state index in [4.69, 9.17) is 34.8 Å². The molecule has 0 saturated heterocycles. The fourth-order valence-electron chi connectivity index (χ4n) is 1.72. The molecule has 0 aliphatic rings. The Kier molecular flexibility index (Phi) is 3.98. The van der Waals surface area contributed by atoms with E-state index in [1.165, 1.54) is 5.56 Å². The third-order valence-electron chi connectivity index (χ3n) is 2.70. The van der Waals surface area contributed by atoms with Crippen LogP contribution >= 0.6 is 34.8 Å². The van der Waals surface area contributed by atoms with Gasteiger partial charge in [0.05, 0.1) is 15.4 Å². The monoisotopic (exact) mass is 284 g/mol. The zero-order valence-electron chi connectivity index (χ0n) is 9.25. The normalized spacial score (nSPS) is 12.5. The van der Waals surface area contributed by atoms with E-state index >= 15 is 0 Å². The highest BCUT2D eigenvalue weighted by Gasteiger charge is 2.13. The second-order valence-corrected chi connectivity index (χ2v) is 5.14. The lowest BCUT2D eigenvalue weighted by molar-refractivity contribution is 1.11. The first kappa shape index (κ1) is 12.8. The second kappa shape index (κ2) is 5.30. The molecule has 0 heterocycles. The molecule has 17 heavy (non-hydrogen) atoms. The van der Waals surface area contributed by atoms with Gasteiger partial charge in [-0.1, -0.05) is 53.5 Å². The van der Waals surface area contributed by atoms with Crippen LogP contribution in [0.4, 0.5) is 0 Å². The van der Waals surface area contributed by atoms with Gasteiger partial charge in [-0.05, 0) is 35.7 Å². The lowest BCUT2D eigenvalue weighted by Crippen LogP contribution is -1.96. The van der Waals surface area contributed by atoms with E-state index in [1.807, 2.05) is 43.3 Å². The predicted molar refractivity (Wildman–Crippen MR) is 75.3 cm³/mol. The zero-order chi connectivity index (χ0) is 12.4. The molecule has 0 bridgehead atoms. The zero-order valence-corrected chi connectivity index (χ0v) is 11.5. The van der Waals surface area contributed by atoms with Crippen LogP contribution in [-0.2, 0) is 0 Å². The van der Waals surface area contributed by atoms with Gasteiger partial charge < -0.3 is 0 Å². The van der Waals surface area contributed by atoms with Crippen molar-refractivity contribution in [2.45, 2.75) is 12.3 Å². The van der Waals surface area contributed by atoms with Crippen molar-refractivity contribution in [3.8, 4) is 0 Å². The third kappa shape index (κ3) is 2.77. The van der Waals surface area contributed by atoms with E-state index in [9.17, 15) is 0 Å². The summed E-state index contributed by atoms with van der Waals surface area (Å²) in [6.45, 7) is 2.04. The van der Waals surface area contributed by atoms with Crippen LogP contribution in [0.3, 0.4) is 0 Å². The van der Waals surface area contributed by atoms with E-state index < -0.39 is 0 Å². The highest BCUT2D eigenvalue weighted by atomic mass is 35.5. The van der Waals surface area contributed by atoms with Crippen LogP contribution in [0, 0.1) is 6.92 Å². The maximum absolute atomic E-state index is 6.46. The summed E-state index contributed by atoms with van der Waals surface area (Å²) >= 11 is 18.3. The van der Waals surface area contributed by atoms with E-state index in [-0.39, 0.29) is 5.38 Å². The molecule has 0 amide bonds. The van der Waals surface area contributed by atoms with Gasteiger partial charge in [0.15, 0.2) is 0 Å². The lowest BCUT2D eigenvalue weighted by atomic mass is 10.0. The van der Waals surface area contributed by atoms with Gasteiger partial charge in [-0.3, -0.25) is 0 Å². The van der Waals surface area contributed by atoms with Crippen molar-refractivity contribution in [1.29, 1.82) is 0 Å². The molecule has 0 nitrogen and oxygen atoms in total.